The minimum absolute atomic E-state index is 0.167. The van der Waals surface area contributed by atoms with Crippen LogP contribution in [0.2, 0.25) is 0 Å². The minimum Gasteiger partial charge on any atom is -0.465 e. The first-order valence-corrected chi connectivity index (χ1v) is 7.84. The van der Waals surface area contributed by atoms with Gasteiger partial charge in [-0.05, 0) is 44.0 Å². The first-order chi connectivity index (χ1) is 11.5. The van der Waals surface area contributed by atoms with Crippen molar-refractivity contribution in [3.63, 3.8) is 0 Å². The molecular weight excluding hydrogens is 312 g/mol. The Labute approximate surface area is 140 Å². The zero-order valence-corrected chi connectivity index (χ0v) is 14.1. The third-order valence-electron chi connectivity index (χ3n) is 4.31. The SMILES string of the molecule is CCC1(C(=O)Nc2cc(C(=O)OC)cc(C(=O)OC)c2)CCCN1. The van der Waals surface area contributed by atoms with Gasteiger partial charge in [0.25, 0.3) is 0 Å². The van der Waals surface area contributed by atoms with E-state index in [0.29, 0.717) is 12.1 Å². The number of carbonyl (C=O) groups is 3. The Bertz CT molecular complexity index is 616. The van der Waals surface area contributed by atoms with Gasteiger partial charge in [-0.25, -0.2) is 9.59 Å². The van der Waals surface area contributed by atoms with Crippen LogP contribution in [0.15, 0.2) is 18.2 Å². The summed E-state index contributed by atoms with van der Waals surface area (Å²) in [6, 6.07) is 4.33. The Balaban J connectivity index is 2.33. The van der Waals surface area contributed by atoms with Gasteiger partial charge in [-0.2, -0.15) is 0 Å². The first-order valence-electron chi connectivity index (χ1n) is 7.84. The normalized spacial score (nSPS) is 19.6. The number of esters is 2. The number of amides is 1. The molecule has 0 aliphatic carbocycles. The lowest BCUT2D eigenvalue weighted by Crippen LogP contribution is -2.50. The molecule has 0 spiro atoms. The summed E-state index contributed by atoms with van der Waals surface area (Å²) in [7, 11) is 2.50. The number of ether oxygens (including phenoxy) is 2. The first kappa shape index (κ1) is 17.9. The Morgan fingerprint density at radius 2 is 1.71 bits per heavy atom. The predicted octanol–water partition coefficient (Wildman–Crippen LogP) is 1.73. The molecule has 1 aromatic rings. The largest absolute Gasteiger partial charge is 0.465 e. The number of hydrogen-bond donors (Lipinski definition) is 2. The Kier molecular flexibility index (Phi) is 5.56. The summed E-state index contributed by atoms with van der Waals surface area (Å²) in [5.41, 5.74) is 0.0678. The highest BCUT2D eigenvalue weighted by molar-refractivity contribution is 6.02. The van der Waals surface area contributed by atoms with Gasteiger partial charge in [0.05, 0.1) is 30.9 Å². The molecule has 1 fully saturated rings. The van der Waals surface area contributed by atoms with Crippen molar-refractivity contribution in [2.75, 3.05) is 26.1 Å². The highest BCUT2D eigenvalue weighted by Crippen LogP contribution is 2.26. The highest BCUT2D eigenvalue weighted by Gasteiger charge is 2.39. The average molecular weight is 334 g/mol. The monoisotopic (exact) mass is 334 g/mol. The highest BCUT2D eigenvalue weighted by atomic mass is 16.5. The minimum atomic E-state index is -0.618. The van der Waals surface area contributed by atoms with E-state index in [1.165, 1.54) is 32.4 Å². The van der Waals surface area contributed by atoms with E-state index in [9.17, 15) is 14.4 Å². The molecule has 0 saturated carbocycles. The Morgan fingerprint density at radius 1 is 1.12 bits per heavy atom. The molecule has 1 unspecified atom stereocenters. The van der Waals surface area contributed by atoms with Crippen LogP contribution >= 0.6 is 0 Å². The molecule has 1 aliphatic rings. The van der Waals surface area contributed by atoms with E-state index >= 15 is 0 Å². The molecule has 1 aliphatic heterocycles. The maximum absolute atomic E-state index is 12.7. The Hall–Kier alpha value is -2.41. The van der Waals surface area contributed by atoms with Crippen molar-refractivity contribution in [2.45, 2.75) is 31.7 Å². The molecule has 0 bridgehead atoms. The predicted molar refractivity (Wildman–Crippen MR) is 88.0 cm³/mol. The summed E-state index contributed by atoms with van der Waals surface area (Å²) >= 11 is 0. The lowest BCUT2D eigenvalue weighted by atomic mass is 9.93. The van der Waals surface area contributed by atoms with Crippen LogP contribution in [-0.4, -0.2) is 44.1 Å². The van der Waals surface area contributed by atoms with E-state index < -0.39 is 17.5 Å². The zero-order chi connectivity index (χ0) is 17.7. The van der Waals surface area contributed by atoms with Gasteiger partial charge in [0.15, 0.2) is 0 Å². The summed E-state index contributed by atoms with van der Waals surface area (Å²) < 4.78 is 9.38. The van der Waals surface area contributed by atoms with Gasteiger partial charge >= 0.3 is 11.9 Å². The van der Waals surface area contributed by atoms with Crippen molar-refractivity contribution in [3.05, 3.63) is 29.3 Å². The maximum Gasteiger partial charge on any atom is 0.337 e. The van der Waals surface area contributed by atoms with Crippen LogP contribution in [-0.2, 0) is 14.3 Å². The third-order valence-corrected chi connectivity index (χ3v) is 4.31. The van der Waals surface area contributed by atoms with Crippen LogP contribution in [0.5, 0.6) is 0 Å². The third kappa shape index (κ3) is 3.56. The Morgan fingerprint density at radius 3 is 2.12 bits per heavy atom. The average Bonchev–Trinajstić information content (AvgIpc) is 3.10. The van der Waals surface area contributed by atoms with Crippen LogP contribution in [0.3, 0.4) is 0 Å². The van der Waals surface area contributed by atoms with Crippen LogP contribution in [0.4, 0.5) is 5.69 Å². The molecule has 2 rings (SSSR count). The van der Waals surface area contributed by atoms with Gasteiger partial charge in [-0.3, -0.25) is 4.79 Å². The van der Waals surface area contributed by atoms with Gasteiger partial charge in [0, 0.05) is 5.69 Å². The fourth-order valence-electron chi connectivity index (χ4n) is 2.88. The van der Waals surface area contributed by atoms with Crippen LogP contribution in [0, 0.1) is 0 Å². The summed E-state index contributed by atoms with van der Waals surface area (Å²) in [6.07, 6.45) is 2.33. The van der Waals surface area contributed by atoms with E-state index in [1.54, 1.807) is 0 Å². The smallest absolute Gasteiger partial charge is 0.337 e. The van der Waals surface area contributed by atoms with Crippen molar-refractivity contribution in [3.8, 4) is 0 Å². The van der Waals surface area contributed by atoms with Crippen molar-refractivity contribution in [1.29, 1.82) is 0 Å². The van der Waals surface area contributed by atoms with Crippen molar-refractivity contribution in [2.24, 2.45) is 0 Å². The number of anilines is 1. The van der Waals surface area contributed by atoms with Gasteiger partial charge in [-0.1, -0.05) is 6.92 Å². The van der Waals surface area contributed by atoms with E-state index in [1.807, 2.05) is 6.92 Å². The van der Waals surface area contributed by atoms with Gasteiger partial charge in [-0.15, -0.1) is 0 Å². The van der Waals surface area contributed by atoms with Crippen molar-refractivity contribution >= 4 is 23.5 Å². The number of nitrogens with one attached hydrogen (secondary N) is 2. The molecule has 7 nitrogen and oxygen atoms in total. The topological polar surface area (TPSA) is 93.7 Å². The lowest BCUT2D eigenvalue weighted by Gasteiger charge is -2.26. The van der Waals surface area contributed by atoms with Crippen molar-refractivity contribution in [1.82, 2.24) is 5.32 Å². The number of benzene rings is 1. The molecule has 2 N–H and O–H groups in total. The van der Waals surface area contributed by atoms with Gasteiger partial charge in [0.2, 0.25) is 5.91 Å². The molecule has 1 aromatic carbocycles. The van der Waals surface area contributed by atoms with Crippen LogP contribution in [0.25, 0.3) is 0 Å². The van der Waals surface area contributed by atoms with E-state index in [2.05, 4.69) is 20.1 Å². The second-order valence-corrected chi connectivity index (χ2v) is 5.70. The summed E-state index contributed by atoms with van der Waals surface area (Å²) in [5, 5.41) is 6.04. The standard InChI is InChI=1S/C17H22N2O5/c1-4-17(6-5-7-18-17)16(22)19-13-9-11(14(20)23-2)8-12(10-13)15(21)24-3/h8-10,18H,4-7H2,1-3H3,(H,19,22). The molecule has 7 heteroatoms. The number of methoxy groups -OCH3 is 2. The van der Waals surface area contributed by atoms with Crippen LogP contribution in [0.1, 0.15) is 46.9 Å². The van der Waals surface area contributed by atoms with Crippen molar-refractivity contribution < 1.29 is 23.9 Å². The van der Waals surface area contributed by atoms with Crippen LogP contribution < -0.4 is 10.6 Å². The number of hydrogen-bond acceptors (Lipinski definition) is 6. The molecule has 1 amide bonds. The zero-order valence-electron chi connectivity index (χ0n) is 14.1. The van der Waals surface area contributed by atoms with Gasteiger partial charge < -0.3 is 20.1 Å². The molecule has 130 valence electrons. The lowest BCUT2D eigenvalue weighted by molar-refractivity contribution is -0.122. The summed E-state index contributed by atoms with van der Waals surface area (Å²) in [5.74, 6) is -1.37. The maximum atomic E-state index is 12.7. The van der Waals surface area contributed by atoms with E-state index in [4.69, 9.17) is 0 Å². The molecular formula is C17H22N2O5. The molecule has 24 heavy (non-hydrogen) atoms. The van der Waals surface area contributed by atoms with E-state index in [0.717, 1.165) is 19.4 Å². The molecule has 1 heterocycles. The summed E-state index contributed by atoms with van der Waals surface area (Å²) in [6.45, 7) is 2.74. The quantitative estimate of drug-likeness (QED) is 0.797. The molecule has 1 atom stereocenters. The second-order valence-electron chi connectivity index (χ2n) is 5.70. The number of carbonyl (C=O) groups excluding carboxylic acids is 3. The fourth-order valence-corrected chi connectivity index (χ4v) is 2.88. The number of rotatable bonds is 5. The molecule has 0 radical (unpaired) electrons. The summed E-state index contributed by atoms with van der Waals surface area (Å²) in [4.78, 5) is 36.2. The fraction of sp³-hybridized carbons (Fsp3) is 0.471. The second kappa shape index (κ2) is 7.44. The molecule has 1 saturated heterocycles. The van der Waals surface area contributed by atoms with E-state index in [-0.39, 0.29) is 17.0 Å². The van der Waals surface area contributed by atoms with Gasteiger partial charge in [0.1, 0.15) is 0 Å². The molecule has 0 aromatic heterocycles.